The lowest BCUT2D eigenvalue weighted by Crippen LogP contribution is -2.29. The molecule has 0 aliphatic carbocycles. The van der Waals surface area contributed by atoms with Crippen LogP contribution in [-0.2, 0) is 0 Å². The summed E-state index contributed by atoms with van der Waals surface area (Å²) in [7, 11) is 0. The molecule has 0 aliphatic heterocycles. The molecule has 17 heavy (non-hydrogen) atoms. The van der Waals surface area contributed by atoms with Crippen molar-refractivity contribution in [3.63, 3.8) is 0 Å². The molecule has 2 unspecified atom stereocenters. The van der Waals surface area contributed by atoms with Gasteiger partial charge in [-0.15, -0.1) is 0 Å². The van der Waals surface area contributed by atoms with Gasteiger partial charge in [0.15, 0.2) is 0 Å². The van der Waals surface area contributed by atoms with Crippen LogP contribution < -0.4 is 5.32 Å². The summed E-state index contributed by atoms with van der Waals surface area (Å²) in [6, 6.07) is 8.01. The maximum absolute atomic E-state index is 9.78. The van der Waals surface area contributed by atoms with Gasteiger partial charge >= 0.3 is 0 Å². The molecule has 0 saturated carbocycles. The van der Waals surface area contributed by atoms with Gasteiger partial charge in [0.25, 0.3) is 0 Å². The average Bonchev–Trinajstić information content (AvgIpc) is 2.25. The number of aliphatic hydroxyl groups is 1. The number of aliphatic hydroxyl groups excluding tert-OH is 1. The summed E-state index contributed by atoms with van der Waals surface area (Å²) >= 11 is 5.94. The second kappa shape index (κ2) is 7.00. The highest BCUT2D eigenvalue weighted by atomic mass is 35.5. The van der Waals surface area contributed by atoms with Gasteiger partial charge in [-0.25, -0.2) is 0 Å². The van der Waals surface area contributed by atoms with Gasteiger partial charge in [0.2, 0.25) is 0 Å². The normalized spacial score (nSPS) is 14.9. The zero-order valence-electron chi connectivity index (χ0n) is 10.8. The van der Waals surface area contributed by atoms with E-state index in [1.807, 2.05) is 24.3 Å². The first-order valence-electron chi connectivity index (χ1n) is 6.16. The summed E-state index contributed by atoms with van der Waals surface area (Å²) in [4.78, 5) is 0. The Morgan fingerprint density at radius 3 is 2.59 bits per heavy atom. The van der Waals surface area contributed by atoms with Crippen molar-refractivity contribution in [2.75, 3.05) is 6.54 Å². The highest BCUT2D eigenvalue weighted by Crippen LogP contribution is 2.17. The molecule has 2 N–H and O–H groups in total. The highest BCUT2D eigenvalue weighted by molar-refractivity contribution is 6.30. The van der Waals surface area contributed by atoms with E-state index in [4.69, 9.17) is 11.6 Å². The van der Waals surface area contributed by atoms with Crippen LogP contribution in [0.15, 0.2) is 24.3 Å². The van der Waals surface area contributed by atoms with Crippen molar-refractivity contribution in [1.82, 2.24) is 5.32 Å². The number of benzene rings is 1. The molecule has 0 amide bonds. The van der Waals surface area contributed by atoms with Crippen LogP contribution in [0.2, 0.25) is 5.02 Å². The molecular weight excluding hydrogens is 234 g/mol. The molecule has 1 aromatic rings. The lowest BCUT2D eigenvalue weighted by molar-refractivity contribution is 0.143. The molecule has 96 valence electrons. The molecule has 1 rings (SSSR count). The van der Waals surface area contributed by atoms with Gasteiger partial charge in [0.1, 0.15) is 0 Å². The number of nitrogens with one attached hydrogen (secondary N) is 1. The largest absolute Gasteiger partial charge is 0.392 e. The van der Waals surface area contributed by atoms with Gasteiger partial charge in [-0.1, -0.05) is 37.6 Å². The molecule has 0 radical (unpaired) electrons. The Kier molecular flexibility index (Phi) is 5.96. The van der Waals surface area contributed by atoms with Gasteiger partial charge < -0.3 is 10.4 Å². The van der Waals surface area contributed by atoms with Crippen LogP contribution in [-0.4, -0.2) is 17.8 Å². The Bertz CT molecular complexity index is 341. The molecule has 0 aromatic heterocycles. The van der Waals surface area contributed by atoms with E-state index in [0.29, 0.717) is 12.5 Å². The molecule has 0 fully saturated rings. The van der Waals surface area contributed by atoms with E-state index in [0.717, 1.165) is 17.0 Å². The van der Waals surface area contributed by atoms with E-state index in [-0.39, 0.29) is 12.1 Å². The Hall–Kier alpha value is -0.570. The van der Waals surface area contributed by atoms with Crippen molar-refractivity contribution in [3.05, 3.63) is 34.9 Å². The van der Waals surface area contributed by atoms with E-state index < -0.39 is 0 Å². The van der Waals surface area contributed by atoms with E-state index in [2.05, 4.69) is 26.1 Å². The van der Waals surface area contributed by atoms with Crippen molar-refractivity contribution in [2.45, 2.75) is 39.3 Å². The average molecular weight is 256 g/mol. The van der Waals surface area contributed by atoms with Crippen LogP contribution in [0.4, 0.5) is 0 Å². The van der Waals surface area contributed by atoms with Gasteiger partial charge in [-0.2, -0.15) is 0 Å². The summed E-state index contributed by atoms with van der Waals surface area (Å²) in [5, 5.41) is 13.9. The zero-order chi connectivity index (χ0) is 12.8. The Morgan fingerprint density at radius 1 is 1.29 bits per heavy atom. The van der Waals surface area contributed by atoms with Gasteiger partial charge in [0.05, 0.1) is 6.10 Å². The van der Waals surface area contributed by atoms with Crippen molar-refractivity contribution in [1.29, 1.82) is 0 Å². The second-order valence-corrected chi connectivity index (χ2v) is 5.40. The molecule has 0 spiro atoms. The maximum Gasteiger partial charge on any atom is 0.0667 e. The predicted octanol–water partition coefficient (Wildman–Crippen LogP) is 3.40. The Labute approximate surface area is 109 Å². The number of halogens is 1. The van der Waals surface area contributed by atoms with E-state index in [1.54, 1.807) is 0 Å². The minimum atomic E-state index is -0.281. The quantitative estimate of drug-likeness (QED) is 0.817. The first-order valence-corrected chi connectivity index (χ1v) is 6.53. The Morgan fingerprint density at radius 2 is 2.00 bits per heavy atom. The summed E-state index contributed by atoms with van der Waals surface area (Å²) in [5.74, 6) is 0.522. The van der Waals surface area contributed by atoms with Crippen molar-refractivity contribution >= 4 is 11.6 Å². The third-order valence-electron chi connectivity index (χ3n) is 2.75. The second-order valence-electron chi connectivity index (χ2n) is 4.97. The first kappa shape index (κ1) is 14.5. The third kappa shape index (κ3) is 5.53. The molecule has 0 aliphatic rings. The molecule has 2 atom stereocenters. The topological polar surface area (TPSA) is 32.3 Å². The van der Waals surface area contributed by atoms with E-state index >= 15 is 0 Å². The van der Waals surface area contributed by atoms with Crippen LogP contribution >= 0.6 is 11.6 Å². The van der Waals surface area contributed by atoms with Crippen LogP contribution in [0.1, 0.15) is 38.8 Å². The SMILES string of the molecule is CC(C)CC(O)CNC(C)c1cccc(Cl)c1. The number of hydrogen-bond donors (Lipinski definition) is 2. The molecule has 1 aromatic carbocycles. The zero-order valence-corrected chi connectivity index (χ0v) is 11.5. The smallest absolute Gasteiger partial charge is 0.0667 e. The lowest BCUT2D eigenvalue weighted by Gasteiger charge is -2.18. The summed E-state index contributed by atoms with van der Waals surface area (Å²) in [6.45, 7) is 6.92. The van der Waals surface area contributed by atoms with Gasteiger partial charge in [-0.05, 0) is 37.0 Å². The fraction of sp³-hybridized carbons (Fsp3) is 0.571. The lowest BCUT2D eigenvalue weighted by atomic mass is 10.0. The molecule has 0 saturated heterocycles. The Balaban J connectivity index is 2.42. The highest BCUT2D eigenvalue weighted by Gasteiger charge is 2.10. The van der Waals surface area contributed by atoms with Gasteiger partial charge in [-0.3, -0.25) is 0 Å². The minimum Gasteiger partial charge on any atom is -0.392 e. The van der Waals surface area contributed by atoms with Crippen LogP contribution in [0.3, 0.4) is 0 Å². The molecule has 0 heterocycles. The number of rotatable bonds is 6. The van der Waals surface area contributed by atoms with Crippen molar-refractivity contribution in [3.8, 4) is 0 Å². The van der Waals surface area contributed by atoms with Crippen molar-refractivity contribution in [2.24, 2.45) is 5.92 Å². The van der Waals surface area contributed by atoms with E-state index in [1.165, 1.54) is 0 Å². The van der Waals surface area contributed by atoms with Crippen molar-refractivity contribution < 1.29 is 5.11 Å². The molecule has 3 heteroatoms. The summed E-state index contributed by atoms with van der Waals surface area (Å²) in [5.41, 5.74) is 1.15. The number of hydrogen-bond acceptors (Lipinski definition) is 2. The third-order valence-corrected chi connectivity index (χ3v) is 2.99. The fourth-order valence-corrected chi connectivity index (χ4v) is 2.03. The molecule has 2 nitrogen and oxygen atoms in total. The molecule has 0 bridgehead atoms. The summed E-state index contributed by atoms with van der Waals surface area (Å²) < 4.78 is 0. The van der Waals surface area contributed by atoms with Gasteiger partial charge in [0, 0.05) is 17.6 Å². The van der Waals surface area contributed by atoms with Crippen LogP contribution in [0.5, 0.6) is 0 Å². The maximum atomic E-state index is 9.78. The van der Waals surface area contributed by atoms with Crippen LogP contribution in [0, 0.1) is 5.92 Å². The standard InChI is InChI=1S/C14H22ClNO/c1-10(2)7-14(17)9-16-11(3)12-5-4-6-13(15)8-12/h4-6,8,10-11,14,16-17H,7,9H2,1-3H3. The monoisotopic (exact) mass is 255 g/mol. The van der Waals surface area contributed by atoms with Crippen LogP contribution in [0.25, 0.3) is 0 Å². The fourth-order valence-electron chi connectivity index (χ4n) is 1.83. The minimum absolute atomic E-state index is 0.204. The molecular formula is C14H22ClNO. The summed E-state index contributed by atoms with van der Waals surface area (Å²) in [6.07, 6.45) is 0.548. The first-order chi connectivity index (χ1) is 7.99. The predicted molar refractivity (Wildman–Crippen MR) is 73.3 cm³/mol. The van der Waals surface area contributed by atoms with E-state index in [9.17, 15) is 5.11 Å².